The Labute approximate surface area is 248 Å². The van der Waals surface area contributed by atoms with Crippen LogP contribution in [-0.2, 0) is 6.61 Å². The summed E-state index contributed by atoms with van der Waals surface area (Å²) < 4.78 is 7.87. The number of halogens is 2. The zero-order valence-electron chi connectivity index (χ0n) is 22.5. The van der Waals surface area contributed by atoms with Gasteiger partial charge in [0.25, 0.3) is 11.8 Å². The molecule has 2 aliphatic rings. The predicted octanol–water partition coefficient (Wildman–Crippen LogP) is 5.82. The number of nitrogens with zero attached hydrogens (tertiary/aromatic N) is 6. The Morgan fingerprint density at radius 3 is 2.41 bits per heavy atom. The van der Waals surface area contributed by atoms with E-state index in [1.165, 1.54) is 6.20 Å². The number of aromatic nitrogens is 4. The Morgan fingerprint density at radius 2 is 1.68 bits per heavy atom. The van der Waals surface area contributed by atoms with Gasteiger partial charge >= 0.3 is 0 Å². The molecule has 0 N–H and O–H groups in total. The molecule has 6 rings (SSSR count). The topological polar surface area (TPSA) is 93.5 Å². The van der Waals surface area contributed by atoms with E-state index in [0.717, 1.165) is 32.1 Å². The molecule has 2 amide bonds. The highest BCUT2D eigenvalue weighted by Gasteiger charge is 2.27. The van der Waals surface area contributed by atoms with Crippen molar-refractivity contribution in [2.24, 2.45) is 0 Å². The lowest BCUT2D eigenvalue weighted by molar-refractivity contribution is 0.0690. The molecule has 2 aliphatic heterocycles. The van der Waals surface area contributed by atoms with E-state index in [9.17, 15) is 9.59 Å². The lowest BCUT2D eigenvalue weighted by Crippen LogP contribution is -2.39. The lowest BCUT2D eigenvalue weighted by atomic mass is 9.98. The molecular formula is C30H30Cl2N6O3. The van der Waals surface area contributed by atoms with E-state index < -0.39 is 0 Å². The molecule has 2 saturated heterocycles. The van der Waals surface area contributed by atoms with Gasteiger partial charge in [0.05, 0.1) is 21.8 Å². The summed E-state index contributed by atoms with van der Waals surface area (Å²) in [5, 5.41) is 6.60. The largest absolute Gasteiger partial charge is 0.471 e. The summed E-state index contributed by atoms with van der Waals surface area (Å²) in [6, 6.07) is 9.11. The van der Waals surface area contributed by atoms with Crippen molar-refractivity contribution in [2.75, 3.05) is 26.2 Å². The van der Waals surface area contributed by atoms with Crippen molar-refractivity contribution in [1.82, 2.24) is 29.5 Å². The first-order valence-electron chi connectivity index (χ1n) is 13.9. The molecular weight excluding hydrogens is 563 g/mol. The van der Waals surface area contributed by atoms with Crippen LogP contribution in [0.3, 0.4) is 0 Å². The van der Waals surface area contributed by atoms with Crippen LogP contribution in [0.4, 0.5) is 0 Å². The monoisotopic (exact) mass is 592 g/mol. The second-order valence-electron chi connectivity index (χ2n) is 10.5. The van der Waals surface area contributed by atoms with Crippen LogP contribution in [0.1, 0.15) is 64.6 Å². The maximum Gasteiger partial charge on any atom is 0.254 e. The van der Waals surface area contributed by atoms with Gasteiger partial charge in [-0.05, 0) is 56.4 Å². The third-order valence-electron chi connectivity index (χ3n) is 7.82. The fourth-order valence-corrected chi connectivity index (χ4v) is 6.02. The normalized spacial score (nSPS) is 16.2. The van der Waals surface area contributed by atoms with Gasteiger partial charge in [-0.1, -0.05) is 23.2 Å². The Balaban J connectivity index is 1.28. The molecule has 1 aromatic carbocycles. The molecule has 0 radical (unpaired) electrons. The summed E-state index contributed by atoms with van der Waals surface area (Å²) >= 11 is 12.2. The van der Waals surface area contributed by atoms with Crippen molar-refractivity contribution in [1.29, 1.82) is 0 Å². The van der Waals surface area contributed by atoms with Crippen LogP contribution in [0.5, 0.6) is 5.88 Å². The van der Waals surface area contributed by atoms with Crippen LogP contribution < -0.4 is 4.74 Å². The van der Waals surface area contributed by atoms with Gasteiger partial charge < -0.3 is 14.5 Å². The number of benzene rings is 1. The number of hydrogen-bond acceptors (Lipinski definition) is 6. The maximum atomic E-state index is 13.8. The standard InChI is InChI=1S/C30H30Cl2N6O3/c31-22-15-26(32)27(33-18-22)19-41-28-16-24-21(17-34-28)13-20(14-25(24)30(40)36-8-2-1-3-9-36)29(39)37-11-5-23(6-12-37)38-10-4-7-35-38/h4,7,10,13-18,23H,1-3,5-6,8-9,11-12,19H2. The number of pyridine rings is 2. The van der Waals surface area contributed by atoms with E-state index in [1.54, 1.807) is 30.6 Å². The number of amides is 2. The Kier molecular flexibility index (Phi) is 8.07. The number of likely N-dealkylation sites (tertiary alicyclic amines) is 2. The van der Waals surface area contributed by atoms with Gasteiger partial charge in [-0.25, -0.2) is 4.98 Å². The number of carbonyl (C=O) groups excluding carboxylic acids is 2. The van der Waals surface area contributed by atoms with Crippen molar-refractivity contribution < 1.29 is 14.3 Å². The fraction of sp³-hybridized carbons (Fsp3) is 0.367. The first-order valence-corrected chi connectivity index (χ1v) is 14.7. The molecule has 0 aliphatic carbocycles. The van der Waals surface area contributed by atoms with Gasteiger partial charge in [0, 0.05) is 78.9 Å². The molecule has 0 atom stereocenters. The van der Waals surface area contributed by atoms with E-state index in [4.69, 9.17) is 27.9 Å². The third-order valence-corrected chi connectivity index (χ3v) is 8.36. The molecule has 0 saturated carbocycles. The first kappa shape index (κ1) is 27.5. The van der Waals surface area contributed by atoms with Crippen LogP contribution in [0, 0.1) is 0 Å². The Bertz CT molecular complexity index is 1560. The number of ether oxygens (including phenoxy) is 1. The molecule has 11 heteroatoms. The number of carbonyl (C=O) groups is 2. The van der Waals surface area contributed by atoms with E-state index in [0.29, 0.717) is 69.7 Å². The quantitative estimate of drug-likeness (QED) is 0.280. The summed E-state index contributed by atoms with van der Waals surface area (Å²) in [6.07, 6.45) is 11.6. The molecule has 41 heavy (non-hydrogen) atoms. The van der Waals surface area contributed by atoms with Crippen molar-refractivity contribution in [3.05, 3.63) is 82.0 Å². The first-order chi connectivity index (χ1) is 20.0. The van der Waals surface area contributed by atoms with E-state index >= 15 is 0 Å². The average molecular weight is 594 g/mol. The molecule has 212 valence electrons. The molecule has 2 fully saturated rings. The maximum absolute atomic E-state index is 13.8. The van der Waals surface area contributed by atoms with Crippen molar-refractivity contribution >= 4 is 45.8 Å². The molecule has 4 aromatic rings. The van der Waals surface area contributed by atoms with Gasteiger partial charge in [-0.2, -0.15) is 5.10 Å². The molecule has 9 nitrogen and oxygen atoms in total. The van der Waals surface area contributed by atoms with E-state index in [1.807, 2.05) is 32.8 Å². The number of rotatable bonds is 6. The fourth-order valence-electron chi connectivity index (χ4n) is 5.59. The molecule has 0 spiro atoms. The van der Waals surface area contributed by atoms with Crippen LogP contribution in [0.15, 0.2) is 55.1 Å². The van der Waals surface area contributed by atoms with Crippen LogP contribution in [0.2, 0.25) is 10.0 Å². The number of fused-ring (bicyclic) bond motifs is 1. The minimum Gasteiger partial charge on any atom is -0.471 e. The second kappa shape index (κ2) is 12.0. The number of hydrogen-bond donors (Lipinski definition) is 0. The van der Waals surface area contributed by atoms with Gasteiger partial charge in [-0.3, -0.25) is 19.3 Å². The highest BCUT2D eigenvalue weighted by atomic mass is 35.5. The van der Waals surface area contributed by atoms with Crippen LogP contribution >= 0.6 is 23.2 Å². The average Bonchev–Trinajstić information content (AvgIpc) is 3.55. The van der Waals surface area contributed by atoms with Crippen molar-refractivity contribution in [2.45, 2.75) is 44.8 Å². The highest BCUT2D eigenvalue weighted by molar-refractivity contribution is 6.34. The second-order valence-corrected chi connectivity index (χ2v) is 11.3. The van der Waals surface area contributed by atoms with Crippen LogP contribution in [-0.4, -0.2) is 67.5 Å². The van der Waals surface area contributed by atoms with Crippen molar-refractivity contribution in [3.63, 3.8) is 0 Å². The summed E-state index contributed by atoms with van der Waals surface area (Å²) in [5.41, 5.74) is 1.50. The molecule has 0 bridgehead atoms. The number of piperidine rings is 2. The van der Waals surface area contributed by atoms with E-state index in [-0.39, 0.29) is 24.5 Å². The Morgan fingerprint density at radius 1 is 0.902 bits per heavy atom. The van der Waals surface area contributed by atoms with Gasteiger partial charge in [0.2, 0.25) is 5.88 Å². The summed E-state index contributed by atoms with van der Waals surface area (Å²) in [4.78, 5) is 39.9. The minimum atomic E-state index is -0.0821. The van der Waals surface area contributed by atoms with Gasteiger partial charge in [0.1, 0.15) is 6.61 Å². The minimum absolute atomic E-state index is 0.0812. The van der Waals surface area contributed by atoms with Crippen LogP contribution in [0.25, 0.3) is 10.8 Å². The molecule has 0 unspecified atom stereocenters. The van der Waals surface area contributed by atoms with Crippen molar-refractivity contribution in [3.8, 4) is 5.88 Å². The smallest absolute Gasteiger partial charge is 0.254 e. The Hall–Kier alpha value is -3.69. The highest BCUT2D eigenvalue weighted by Crippen LogP contribution is 2.29. The van der Waals surface area contributed by atoms with Gasteiger partial charge in [0.15, 0.2) is 0 Å². The SMILES string of the molecule is O=C(c1cc(C(=O)N2CCCCC2)c2cc(OCc3ncc(Cl)cc3Cl)ncc2c1)N1CCC(n2cccn2)CC1. The van der Waals surface area contributed by atoms with Gasteiger partial charge in [-0.15, -0.1) is 0 Å². The zero-order valence-corrected chi connectivity index (χ0v) is 24.0. The zero-order chi connectivity index (χ0) is 28.3. The lowest BCUT2D eigenvalue weighted by Gasteiger charge is -2.32. The summed E-state index contributed by atoms with van der Waals surface area (Å²) in [6.45, 7) is 2.75. The molecule has 3 aromatic heterocycles. The predicted molar refractivity (Wildman–Crippen MR) is 156 cm³/mol. The molecule has 5 heterocycles. The van der Waals surface area contributed by atoms with E-state index in [2.05, 4.69) is 15.1 Å². The third kappa shape index (κ3) is 6.01. The summed E-state index contributed by atoms with van der Waals surface area (Å²) in [5.74, 6) is 0.168. The summed E-state index contributed by atoms with van der Waals surface area (Å²) in [7, 11) is 0.